The number of fused-ring (bicyclic) bond motifs is 1. The Morgan fingerprint density at radius 2 is 1.39 bits per heavy atom. The molecule has 5 rings (SSSR count). The molecule has 178 valence electrons. The summed E-state index contributed by atoms with van der Waals surface area (Å²) >= 11 is 0. The zero-order valence-corrected chi connectivity index (χ0v) is 20.6. The van der Waals surface area contributed by atoms with E-state index < -0.39 is 0 Å². The van der Waals surface area contributed by atoms with E-state index in [0.717, 1.165) is 50.5 Å². The van der Waals surface area contributed by atoms with Crippen LogP contribution in [0.2, 0.25) is 0 Å². The molecule has 4 aromatic carbocycles. The van der Waals surface area contributed by atoms with Gasteiger partial charge in [0.25, 0.3) is 5.91 Å². The van der Waals surface area contributed by atoms with Crippen molar-refractivity contribution in [2.45, 2.75) is 20.4 Å². The number of benzene rings is 4. The van der Waals surface area contributed by atoms with Crippen LogP contribution in [-0.2, 0) is 6.54 Å². The Bertz CT molecular complexity index is 1580. The first-order valence-electron chi connectivity index (χ1n) is 11.9. The predicted octanol–water partition coefficient (Wildman–Crippen LogP) is 6.52. The van der Waals surface area contributed by atoms with Crippen LogP contribution in [0.3, 0.4) is 0 Å². The number of nitrogens with one attached hydrogen (secondary N) is 1. The first kappa shape index (κ1) is 23.2. The number of hydrogen-bond acceptors (Lipinski definition) is 4. The molecule has 5 nitrogen and oxygen atoms in total. The molecule has 1 heterocycles. The van der Waals surface area contributed by atoms with Crippen molar-refractivity contribution in [3.8, 4) is 28.3 Å². The van der Waals surface area contributed by atoms with E-state index in [1.807, 2.05) is 48.5 Å². The highest BCUT2D eigenvalue weighted by Crippen LogP contribution is 2.32. The Kier molecular flexibility index (Phi) is 6.46. The van der Waals surface area contributed by atoms with Crippen molar-refractivity contribution < 1.29 is 9.53 Å². The average Bonchev–Trinajstić information content (AvgIpc) is 2.90. The summed E-state index contributed by atoms with van der Waals surface area (Å²) in [5.74, 6) is 0.568. The number of nitrogens with zero attached hydrogens (tertiary/aromatic N) is 2. The van der Waals surface area contributed by atoms with Gasteiger partial charge in [-0.3, -0.25) is 4.79 Å². The van der Waals surface area contributed by atoms with E-state index in [0.29, 0.717) is 17.6 Å². The van der Waals surface area contributed by atoms with Gasteiger partial charge in [-0.1, -0.05) is 65.7 Å². The SMILES string of the molecule is COc1ccccc1CNC(=O)c1ccc2nc(-c3cccc(C)c3)c(-c3cccc(C)c3)nc2c1. The Morgan fingerprint density at radius 3 is 2.03 bits per heavy atom. The van der Waals surface area contributed by atoms with Crippen LogP contribution in [-0.4, -0.2) is 23.0 Å². The summed E-state index contributed by atoms with van der Waals surface area (Å²) in [6.45, 7) is 4.50. The number of hydrogen-bond donors (Lipinski definition) is 1. The number of para-hydroxylation sites is 1. The molecular weight excluding hydrogens is 446 g/mol. The monoisotopic (exact) mass is 473 g/mol. The van der Waals surface area contributed by atoms with Crippen molar-refractivity contribution in [2.24, 2.45) is 0 Å². The number of rotatable bonds is 6. The lowest BCUT2D eigenvalue weighted by molar-refractivity contribution is 0.0951. The van der Waals surface area contributed by atoms with Gasteiger partial charge in [0.15, 0.2) is 0 Å². The van der Waals surface area contributed by atoms with Crippen LogP contribution in [0.25, 0.3) is 33.5 Å². The molecule has 0 saturated heterocycles. The zero-order chi connectivity index (χ0) is 25.1. The van der Waals surface area contributed by atoms with E-state index in [2.05, 4.69) is 49.5 Å². The summed E-state index contributed by atoms with van der Waals surface area (Å²) in [6.07, 6.45) is 0. The molecule has 1 aromatic heterocycles. The molecule has 0 radical (unpaired) electrons. The largest absolute Gasteiger partial charge is 0.496 e. The highest BCUT2D eigenvalue weighted by Gasteiger charge is 2.15. The topological polar surface area (TPSA) is 64.1 Å². The summed E-state index contributed by atoms with van der Waals surface area (Å²) in [5, 5.41) is 2.98. The molecule has 0 atom stereocenters. The number of aryl methyl sites for hydroxylation is 2. The smallest absolute Gasteiger partial charge is 0.251 e. The van der Waals surface area contributed by atoms with Crippen molar-refractivity contribution in [1.29, 1.82) is 0 Å². The molecule has 0 unspecified atom stereocenters. The van der Waals surface area contributed by atoms with Crippen molar-refractivity contribution in [1.82, 2.24) is 15.3 Å². The first-order valence-corrected chi connectivity index (χ1v) is 11.9. The maximum Gasteiger partial charge on any atom is 0.251 e. The number of ether oxygens (including phenoxy) is 1. The summed E-state index contributed by atoms with van der Waals surface area (Å²) in [5.41, 5.74) is 8.79. The van der Waals surface area contributed by atoms with Gasteiger partial charge >= 0.3 is 0 Å². The number of aromatic nitrogens is 2. The Balaban J connectivity index is 1.54. The van der Waals surface area contributed by atoms with Crippen LogP contribution in [0.15, 0.2) is 91.0 Å². The van der Waals surface area contributed by atoms with Gasteiger partial charge in [-0.25, -0.2) is 9.97 Å². The molecular formula is C31H27N3O2. The van der Waals surface area contributed by atoms with Crippen LogP contribution in [0.5, 0.6) is 5.75 Å². The molecule has 5 aromatic rings. The van der Waals surface area contributed by atoms with Crippen molar-refractivity contribution in [3.05, 3.63) is 113 Å². The van der Waals surface area contributed by atoms with Gasteiger partial charge in [-0.15, -0.1) is 0 Å². The number of methoxy groups -OCH3 is 1. The Morgan fingerprint density at radius 1 is 0.750 bits per heavy atom. The van der Waals surface area contributed by atoms with Gasteiger partial charge in [0.05, 0.1) is 29.5 Å². The lowest BCUT2D eigenvalue weighted by atomic mass is 10.0. The minimum atomic E-state index is -0.176. The van der Waals surface area contributed by atoms with Crippen LogP contribution in [0, 0.1) is 13.8 Å². The highest BCUT2D eigenvalue weighted by atomic mass is 16.5. The second kappa shape index (κ2) is 10.0. The van der Waals surface area contributed by atoms with Crippen molar-refractivity contribution in [3.63, 3.8) is 0 Å². The minimum Gasteiger partial charge on any atom is -0.496 e. The predicted molar refractivity (Wildman–Crippen MR) is 144 cm³/mol. The van der Waals surface area contributed by atoms with E-state index in [1.165, 1.54) is 0 Å². The molecule has 1 N–H and O–H groups in total. The van der Waals surface area contributed by atoms with Crippen LogP contribution in [0.1, 0.15) is 27.0 Å². The summed E-state index contributed by atoms with van der Waals surface area (Å²) < 4.78 is 5.39. The summed E-state index contributed by atoms with van der Waals surface area (Å²) in [4.78, 5) is 23.0. The fourth-order valence-electron chi connectivity index (χ4n) is 4.31. The van der Waals surface area contributed by atoms with Crippen LogP contribution < -0.4 is 10.1 Å². The van der Waals surface area contributed by atoms with Gasteiger partial charge < -0.3 is 10.1 Å². The fourth-order valence-corrected chi connectivity index (χ4v) is 4.31. The molecule has 0 fully saturated rings. The maximum atomic E-state index is 13.0. The van der Waals surface area contributed by atoms with Crippen LogP contribution >= 0.6 is 0 Å². The maximum absolute atomic E-state index is 13.0. The molecule has 0 aliphatic heterocycles. The van der Waals surface area contributed by atoms with Gasteiger partial charge in [-0.05, 0) is 50.2 Å². The first-order chi connectivity index (χ1) is 17.5. The van der Waals surface area contributed by atoms with Gasteiger partial charge in [-0.2, -0.15) is 0 Å². The number of amides is 1. The standard InChI is InChI=1S/C31H27N3O2/c1-20-8-6-11-22(16-20)29-30(23-12-7-9-21(2)17-23)34-27-18-24(14-15-26(27)33-29)31(35)32-19-25-10-4-5-13-28(25)36-3/h4-18H,19H2,1-3H3,(H,32,35). The average molecular weight is 474 g/mol. The highest BCUT2D eigenvalue weighted by molar-refractivity contribution is 5.98. The quantitative estimate of drug-likeness (QED) is 0.305. The molecule has 5 heteroatoms. The third kappa shape index (κ3) is 4.82. The number of carbonyl (C=O) groups is 1. The second-order valence-electron chi connectivity index (χ2n) is 8.86. The molecule has 0 spiro atoms. The molecule has 0 aliphatic rings. The molecule has 1 amide bonds. The van der Waals surface area contributed by atoms with E-state index in [4.69, 9.17) is 14.7 Å². The van der Waals surface area contributed by atoms with E-state index in [-0.39, 0.29) is 5.91 Å². The lowest BCUT2D eigenvalue weighted by Gasteiger charge is -2.13. The Labute approximate surface area is 210 Å². The number of carbonyl (C=O) groups excluding carboxylic acids is 1. The second-order valence-corrected chi connectivity index (χ2v) is 8.86. The molecule has 0 aliphatic carbocycles. The van der Waals surface area contributed by atoms with E-state index >= 15 is 0 Å². The molecule has 36 heavy (non-hydrogen) atoms. The Hall–Kier alpha value is -4.51. The summed E-state index contributed by atoms with van der Waals surface area (Å²) in [7, 11) is 1.62. The fraction of sp³-hybridized carbons (Fsp3) is 0.129. The lowest BCUT2D eigenvalue weighted by Crippen LogP contribution is -2.23. The normalized spacial score (nSPS) is 10.9. The zero-order valence-electron chi connectivity index (χ0n) is 20.6. The van der Waals surface area contributed by atoms with E-state index in [9.17, 15) is 4.79 Å². The third-order valence-corrected chi connectivity index (χ3v) is 6.14. The van der Waals surface area contributed by atoms with Crippen molar-refractivity contribution >= 4 is 16.9 Å². The summed E-state index contributed by atoms with van der Waals surface area (Å²) in [6, 6.07) is 29.6. The minimum absolute atomic E-state index is 0.176. The molecule has 0 saturated carbocycles. The van der Waals surface area contributed by atoms with Gasteiger partial charge in [0.2, 0.25) is 0 Å². The molecule has 0 bridgehead atoms. The van der Waals surface area contributed by atoms with E-state index in [1.54, 1.807) is 19.2 Å². The van der Waals surface area contributed by atoms with Crippen molar-refractivity contribution in [2.75, 3.05) is 7.11 Å². The van der Waals surface area contributed by atoms with Gasteiger partial charge in [0.1, 0.15) is 5.75 Å². The third-order valence-electron chi connectivity index (χ3n) is 6.14. The van der Waals surface area contributed by atoms with Crippen LogP contribution in [0.4, 0.5) is 0 Å². The van der Waals surface area contributed by atoms with Gasteiger partial charge in [0, 0.05) is 28.8 Å².